The van der Waals surface area contributed by atoms with Gasteiger partial charge in [0.05, 0.1) is 18.8 Å². The van der Waals surface area contributed by atoms with Gasteiger partial charge in [-0.05, 0) is 50.3 Å². The molecule has 4 rings (SSSR count). The van der Waals surface area contributed by atoms with E-state index in [1.165, 1.54) is 0 Å². The maximum absolute atomic E-state index is 12.8. The molecule has 1 N–H and O–H groups in total. The number of hydrogen-bond donors (Lipinski definition) is 1. The molecule has 0 atom stereocenters. The number of carbonyl (C=O) groups excluding carboxylic acids is 1. The van der Waals surface area contributed by atoms with Crippen LogP contribution in [-0.4, -0.2) is 68.4 Å². The zero-order valence-electron chi connectivity index (χ0n) is 18.4. The van der Waals surface area contributed by atoms with Crippen LogP contribution >= 0.6 is 12.2 Å². The molecule has 2 aromatic heterocycles. The van der Waals surface area contributed by atoms with Crippen molar-refractivity contribution in [2.45, 2.75) is 33.4 Å². The van der Waals surface area contributed by atoms with Gasteiger partial charge in [-0.15, -0.1) is 0 Å². The molecule has 170 valence electrons. The molecule has 0 saturated carbocycles. The van der Waals surface area contributed by atoms with Gasteiger partial charge in [-0.1, -0.05) is 5.16 Å². The summed E-state index contributed by atoms with van der Waals surface area (Å²) in [5.74, 6) is 2.52. The second kappa shape index (κ2) is 10.1. The molecule has 3 aromatic rings. The summed E-state index contributed by atoms with van der Waals surface area (Å²) in [6, 6.07) is 9.67. The third-order valence-corrected chi connectivity index (χ3v) is 5.82. The van der Waals surface area contributed by atoms with Gasteiger partial charge in [0.15, 0.2) is 16.4 Å². The molecule has 0 radical (unpaired) electrons. The Balaban J connectivity index is 1.32. The Hall–Kier alpha value is -2.98. The monoisotopic (exact) mass is 456 g/mol. The van der Waals surface area contributed by atoms with E-state index in [0.717, 1.165) is 48.2 Å². The number of H-pyrrole nitrogens is 1. The minimum atomic E-state index is 0.126. The van der Waals surface area contributed by atoms with Crippen LogP contribution in [0.15, 0.2) is 34.9 Å². The van der Waals surface area contributed by atoms with E-state index >= 15 is 0 Å². The summed E-state index contributed by atoms with van der Waals surface area (Å²) in [5.41, 5.74) is 1.81. The van der Waals surface area contributed by atoms with Gasteiger partial charge in [0, 0.05) is 50.8 Å². The van der Waals surface area contributed by atoms with E-state index in [-0.39, 0.29) is 5.91 Å². The van der Waals surface area contributed by atoms with Crippen molar-refractivity contribution in [1.29, 1.82) is 0 Å². The van der Waals surface area contributed by atoms with Crippen molar-refractivity contribution in [1.82, 2.24) is 29.7 Å². The van der Waals surface area contributed by atoms with Crippen LogP contribution in [0, 0.1) is 11.7 Å². The van der Waals surface area contributed by atoms with Crippen molar-refractivity contribution in [3.05, 3.63) is 46.6 Å². The third kappa shape index (κ3) is 5.25. The summed E-state index contributed by atoms with van der Waals surface area (Å²) >= 11 is 5.40. The Labute approximate surface area is 191 Å². The molecule has 1 aromatic carbocycles. The third-order valence-electron chi connectivity index (χ3n) is 5.51. The summed E-state index contributed by atoms with van der Waals surface area (Å²) < 4.78 is 13.2. The Bertz CT molecular complexity index is 1100. The second-order valence-electron chi connectivity index (χ2n) is 7.80. The van der Waals surface area contributed by atoms with Gasteiger partial charge >= 0.3 is 0 Å². The molecule has 32 heavy (non-hydrogen) atoms. The molecular weight excluding hydrogens is 428 g/mol. The number of aromatic nitrogens is 4. The van der Waals surface area contributed by atoms with Crippen LogP contribution < -0.4 is 4.74 Å². The molecule has 10 heteroatoms. The number of nitrogens with one attached hydrogen (secondary N) is 1. The highest BCUT2D eigenvalue weighted by Crippen LogP contribution is 2.21. The Kier molecular flexibility index (Phi) is 7.01. The first-order valence-electron chi connectivity index (χ1n) is 10.8. The summed E-state index contributed by atoms with van der Waals surface area (Å²) in [5, 5.41) is 11.1. The first kappa shape index (κ1) is 22.2. The molecule has 0 spiro atoms. The van der Waals surface area contributed by atoms with Crippen molar-refractivity contribution < 1.29 is 14.1 Å². The maximum atomic E-state index is 12.8. The van der Waals surface area contributed by atoms with E-state index < -0.39 is 0 Å². The van der Waals surface area contributed by atoms with Crippen LogP contribution in [0.25, 0.3) is 11.4 Å². The summed E-state index contributed by atoms with van der Waals surface area (Å²) in [7, 11) is 0. The van der Waals surface area contributed by atoms with Gasteiger partial charge in [-0.2, -0.15) is 5.10 Å². The van der Waals surface area contributed by atoms with Gasteiger partial charge in [0.1, 0.15) is 5.75 Å². The quantitative estimate of drug-likeness (QED) is 0.521. The molecule has 0 bridgehead atoms. The minimum absolute atomic E-state index is 0.126. The van der Waals surface area contributed by atoms with Crippen LogP contribution in [0.2, 0.25) is 0 Å². The van der Waals surface area contributed by atoms with E-state index in [9.17, 15) is 4.79 Å². The number of rotatable bonds is 8. The van der Waals surface area contributed by atoms with Gasteiger partial charge < -0.3 is 14.2 Å². The van der Waals surface area contributed by atoms with Crippen LogP contribution in [0.5, 0.6) is 5.75 Å². The largest absolute Gasteiger partial charge is 0.494 e. The van der Waals surface area contributed by atoms with Gasteiger partial charge in [-0.3, -0.25) is 19.4 Å². The number of hydrogen-bond acceptors (Lipinski definition) is 7. The zero-order chi connectivity index (χ0) is 22.5. The van der Waals surface area contributed by atoms with Crippen LogP contribution in [0.1, 0.15) is 24.8 Å². The topological polar surface area (TPSA) is 92.4 Å². The van der Waals surface area contributed by atoms with Crippen molar-refractivity contribution in [2.24, 2.45) is 0 Å². The number of benzene rings is 1. The molecule has 1 saturated heterocycles. The maximum Gasteiger partial charge on any atom is 0.224 e. The first-order valence-corrected chi connectivity index (χ1v) is 11.2. The lowest BCUT2D eigenvalue weighted by molar-refractivity contribution is -0.133. The molecule has 9 nitrogen and oxygen atoms in total. The van der Waals surface area contributed by atoms with Crippen LogP contribution in [0.4, 0.5) is 0 Å². The Morgan fingerprint density at radius 1 is 1.22 bits per heavy atom. The SMILES string of the molecule is CCOc1ccc(-c2n[nH]c(=S)n2CCC(=O)N2CCN(Cc3cc(C)no3)CC2)cc1. The summed E-state index contributed by atoms with van der Waals surface area (Å²) in [6.45, 7) is 8.72. The number of nitrogens with zero attached hydrogens (tertiary/aromatic N) is 5. The fraction of sp³-hybridized carbons (Fsp3) is 0.455. The van der Waals surface area contributed by atoms with Gasteiger partial charge in [-0.25, -0.2) is 0 Å². The predicted molar refractivity (Wildman–Crippen MR) is 122 cm³/mol. The van der Waals surface area contributed by atoms with Crippen LogP contribution in [-0.2, 0) is 17.9 Å². The van der Waals surface area contributed by atoms with Gasteiger partial charge in [0.25, 0.3) is 0 Å². The highest BCUT2D eigenvalue weighted by molar-refractivity contribution is 7.71. The smallest absolute Gasteiger partial charge is 0.224 e. The minimum Gasteiger partial charge on any atom is -0.494 e. The molecule has 1 aliphatic heterocycles. The number of aryl methyl sites for hydroxylation is 1. The predicted octanol–water partition coefficient (Wildman–Crippen LogP) is 3.04. The standard InChI is InChI=1S/C22H28N6O3S/c1-3-30-18-6-4-17(5-7-18)21-23-24-22(32)28(21)9-8-20(29)27-12-10-26(11-13-27)15-19-14-16(2)25-31-19/h4-7,14H,3,8-13,15H2,1-2H3,(H,24,32). The molecule has 1 aliphatic rings. The number of aromatic amines is 1. The molecule has 1 fully saturated rings. The summed E-state index contributed by atoms with van der Waals surface area (Å²) in [4.78, 5) is 17.0. The number of ether oxygens (including phenoxy) is 1. The van der Waals surface area contributed by atoms with Crippen LogP contribution in [0.3, 0.4) is 0 Å². The van der Waals surface area contributed by atoms with E-state index in [2.05, 4.69) is 20.3 Å². The van der Waals surface area contributed by atoms with Gasteiger partial charge in [0.2, 0.25) is 5.91 Å². The Morgan fingerprint density at radius 2 is 1.97 bits per heavy atom. The van der Waals surface area contributed by atoms with E-state index in [4.69, 9.17) is 21.5 Å². The number of piperazine rings is 1. The number of carbonyl (C=O) groups is 1. The average Bonchev–Trinajstić information content (AvgIpc) is 3.38. The lowest BCUT2D eigenvalue weighted by Crippen LogP contribution is -2.48. The second-order valence-corrected chi connectivity index (χ2v) is 8.19. The van der Waals surface area contributed by atoms with Crippen molar-refractivity contribution in [2.75, 3.05) is 32.8 Å². The molecule has 0 aliphatic carbocycles. The molecule has 3 heterocycles. The average molecular weight is 457 g/mol. The highest BCUT2D eigenvalue weighted by atomic mass is 32.1. The number of amides is 1. The van der Waals surface area contributed by atoms with E-state index in [1.54, 1.807) is 0 Å². The fourth-order valence-electron chi connectivity index (χ4n) is 3.84. The molecule has 1 amide bonds. The highest BCUT2D eigenvalue weighted by Gasteiger charge is 2.22. The van der Waals surface area contributed by atoms with Crippen molar-refractivity contribution >= 4 is 18.1 Å². The normalized spacial score (nSPS) is 14.6. The van der Waals surface area contributed by atoms with E-state index in [1.807, 2.05) is 53.6 Å². The first-order chi connectivity index (χ1) is 15.5. The summed E-state index contributed by atoms with van der Waals surface area (Å²) in [6.07, 6.45) is 0.374. The Morgan fingerprint density at radius 3 is 2.62 bits per heavy atom. The lowest BCUT2D eigenvalue weighted by atomic mass is 10.2. The zero-order valence-corrected chi connectivity index (χ0v) is 19.2. The fourth-order valence-corrected chi connectivity index (χ4v) is 4.07. The molecule has 0 unspecified atom stereocenters. The van der Waals surface area contributed by atoms with E-state index in [0.29, 0.717) is 37.4 Å². The molecular formula is C22H28N6O3S. The van der Waals surface area contributed by atoms with Crippen molar-refractivity contribution in [3.63, 3.8) is 0 Å². The lowest BCUT2D eigenvalue weighted by Gasteiger charge is -2.34. The van der Waals surface area contributed by atoms with Crippen molar-refractivity contribution in [3.8, 4) is 17.1 Å².